The fourth-order valence-corrected chi connectivity index (χ4v) is 3.90. The molecule has 0 aliphatic heterocycles. The Hall–Kier alpha value is -2.88. The summed E-state index contributed by atoms with van der Waals surface area (Å²) in [5.41, 5.74) is 7.84. The highest BCUT2D eigenvalue weighted by Crippen LogP contribution is 2.35. The van der Waals surface area contributed by atoms with Crippen LogP contribution in [0.3, 0.4) is 0 Å². The van der Waals surface area contributed by atoms with Crippen LogP contribution >= 0.6 is 0 Å². The lowest BCUT2D eigenvalue weighted by molar-refractivity contribution is 0.414. The summed E-state index contributed by atoms with van der Waals surface area (Å²) in [5, 5.41) is 3.62. The molecular formula is C23H25N3O. The molecule has 1 N–H and O–H groups in total. The maximum atomic E-state index is 5.32. The van der Waals surface area contributed by atoms with Crippen LogP contribution in [0, 0.1) is 20.8 Å². The highest BCUT2D eigenvalue weighted by atomic mass is 16.5. The first-order valence-electron chi connectivity index (χ1n) is 9.41. The third kappa shape index (κ3) is 3.27. The van der Waals surface area contributed by atoms with Gasteiger partial charge in [0.2, 0.25) is 0 Å². The fraction of sp³-hybridized carbons (Fsp3) is 0.304. The molecule has 4 nitrogen and oxygen atoms in total. The van der Waals surface area contributed by atoms with Crippen LogP contribution in [0.5, 0.6) is 5.75 Å². The summed E-state index contributed by atoms with van der Waals surface area (Å²) in [6, 6.07) is 15.0. The minimum absolute atomic E-state index is 0.308. The molecule has 0 saturated carbocycles. The molecule has 0 spiro atoms. The summed E-state index contributed by atoms with van der Waals surface area (Å²) in [6.07, 6.45) is 2.21. The van der Waals surface area contributed by atoms with Crippen LogP contribution < -0.4 is 10.1 Å². The summed E-state index contributed by atoms with van der Waals surface area (Å²) in [5.74, 6) is 1.74. The standard InChI is InChI=1S/C23H25N3O/c1-14-13-18(27-4)10-11-19(14)22-15(2)25-23(16(3)24-22)26-21-12-9-17-7-5-6-8-20(17)21/h5-8,10-11,13,21H,9,12H2,1-4H3,(H,25,26). The Labute approximate surface area is 160 Å². The first kappa shape index (κ1) is 17.5. The van der Waals surface area contributed by atoms with Gasteiger partial charge in [-0.1, -0.05) is 24.3 Å². The van der Waals surface area contributed by atoms with Crippen molar-refractivity contribution in [2.75, 3.05) is 12.4 Å². The third-order valence-electron chi connectivity index (χ3n) is 5.38. The maximum absolute atomic E-state index is 5.32. The van der Waals surface area contributed by atoms with E-state index in [0.29, 0.717) is 6.04 Å². The zero-order valence-corrected chi connectivity index (χ0v) is 16.3. The second-order valence-electron chi connectivity index (χ2n) is 7.21. The summed E-state index contributed by atoms with van der Waals surface area (Å²) >= 11 is 0. The number of hydrogen-bond donors (Lipinski definition) is 1. The molecule has 1 heterocycles. The number of ether oxygens (including phenoxy) is 1. The van der Waals surface area contributed by atoms with Gasteiger partial charge in [0.25, 0.3) is 0 Å². The molecule has 1 atom stereocenters. The number of aryl methyl sites for hydroxylation is 4. The second-order valence-corrected chi connectivity index (χ2v) is 7.21. The van der Waals surface area contributed by atoms with Crippen LogP contribution in [-0.2, 0) is 6.42 Å². The van der Waals surface area contributed by atoms with Crippen LogP contribution in [0.15, 0.2) is 42.5 Å². The average molecular weight is 359 g/mol. The quantitative estimate of drug-likeness (QED) is 0.697. The van der Waals surface area contributed by atoms with Crippen molar-refractivity contribution in [2.24, 2.45) is 0 Å². The molecule has 27 heavy (non-hydrogen) atoms. The molecule has 138 valence electrons. The van der Waals surface area contributed by atoms with Gasteiger partial charge in [-0.3, -0.25) is 0 Å². The Morgan fingerprint density at radius 3 is 2.59 bits per heavy atom. The summed E-state index contributed by atoms with van der Waals surface area (Å²) in [4.78, 5) is 9.76. The largest absolute Gasteiger partial charge is 0.497 e. The first-order valence-corrected chi connectivity index (χ1v) is 9.41. The van der Waals surface area contributed by atoms with Crippen molar-refractivity contribution >= 4 is 5.82 Å². The van der Waals surface area contributed by atoms with Crippen LogP contribution in [0.4, 0.5) is 5.82 Å². The van der Waals surface area contributed by atoms with Gasteiger partial charge in [-0.05, 0) is 68.5 Å². The van der Waals surface area contributed by atoms with Crippen molar-refractivity contribution in [3.63, 3.8) is 0 Å². The van der Waals surface area contributed by atoms with E-state index in [1.807, 2.05) is 26.0 Å². The van der Waals surface area contributed by atoms with E-state index in [2.05, 4.69) is 42.6 Å². The lowest BCUT2D eigenvalue weighted by atomic mass is 10.0. The highest BCUT2D eigenvalue weighted by molar-refractivity contribution is 5.68. The predicted molar refractivity (Wildman–Crippen MR) is 109 cm³/mol. The van der Waals surface area contributed by atoms with E-state index < -0.39 is 0 Å². The Morgan fingerprint density at radius 2 is 1.81 bits per heavy atom. The topological polar surface area (TPSA) is 47.0 Å². The average Bonchev–Trinajstić information content (AvgIpc) is 3.07. The van der Waals surface area contributed by atoms with Gasteiger partial charge in [-0.2, -0.15) is 0 Å². The minimum atomic E-state index is 0.308. The van der Waals surface area contributed by atoms with Gasteiger partial charge in [0.05, 0.1) is 30.2 Å². The first-order chi connectivity index (χ1) is 13.1. The SMILES string of the molecule is COc1ccc(-c2nc(C)c(NC3CCc4ccccc43)nc2C)c(C)c1. The predicted octanol–water partition coefficient (Wildman–Crippen LogP) is 5.18. The third-order valence-corrected chi connectivity index (χ3v) is 5.38. The lowest BCUT2D eigenvalue weighted by Crippen LogP contribution is -2.12. The molecule has 0 fully saturated rings. The summed E-state index contributed by atoms with van der Waals surface area (Å²) in [6.45, 7) is 6.13. The maximum Gasteiger partial charge on any atom is 0.148 e. The van der Waals surface area contributed by atoms with Gasteiger partial charge in [-0.15, -0.1) is 0 Å². The van der Waals surface area contributed by atoms with E-state index in [4.69, 9.17) is 14.7 Å². The van der Waals surface area contributed by atoms with Gasteiger partial charge in [-0.25, -0.2) is 9.97 Å². The Balaban J connectivity index is 1.65. The van der Waals surface area contributed by atoms with Crippen molar-refractivity contribution in [1.82, 2.24) is 9.97 Å². The monoisotopic (exact) mass is 359 g/mol. The van der Waals surface area contributed by atoms with Crippen molar-refractivity contribution in [3.05, 3.63) is 70.5 Å². The molecule has 0 radical (unpaired) electrons. The highest BCUT2D eigenvalue weighted by Gasteiger charge is 2.23. The Kier molecular flexibility index (Phi) is 4.56. The lowest BCUT2D eigenvalue weighted by Gasteiger charge is -2.18. The van der Waals surface area contributed by atoms with Crippen LogP contribution in [0.25, 0.3) is 11.3 Å². The molecule has 0 amide bonds. The van der Waals surface area contributed by atoms with E-state index in [0.717, 1.165) is 52.6 Å². The molecule has 4 rings (SSSR count). The number of nitrogens with zero attached hydrogens (tertiary/aromatic N) is 2. The molecule has 1 aliphatic carbocycles. The van der Waals surface area contributed by atoms with Crippen LogP contribution in [-0.4, -0.2) is 17.1 Å². The van der Waals surface area contributed by atoms with Crippen LogP contribution in [0.1, 0.15) is 40.5 Å². The zero-order valence-electron chi connectivity index (χ0n) is 16.3. The van der Waals surface area contributed by atoms with E-state index in [1.165, 1.54) is 11.1 Å². The van der Waals surface area contributed by atoms with Gasteiger partial charge >= 0.3 is 0 Å². The normalized spacial score (nSPS) is 15.5. The molecule has 4 heteroatoms. The molecule has 3 aromatic rings. The number of nitrogens with one attached hydrogen (secondary N) is 1. The van der Waals surface area contributed by atoms with Gasteiger partial charge in [0.15, 0.2) is 0 Å². The molecular weight excluding hydrogens is 334 g/mol. The van der Waals surface area contributed by atoms with Gasteiger partial charge in [0, 0.05) is 5.56 Å². The van der Waals surface area contributed by atoms with E-state index in [9.17, 15) is 0 Å². The van der Waals surface area contributed by atoms with Gasteiger partial charge in [0.1, 0.15) is 11.6 Å². The molecule has 1 unspecified atom stereocenters. The summed E-state index contributed by atoms with van der Waals surface area (Å²) in [7, 11) is 1.69. The number of fused-ring (bicyclic) bond motifs is 1. The molecule has 2 aromatic carbocycles. The zero-order chi connectivity index (χ0) is 19.0. The number of rotatable bonds is 4. The molecule has 0 bridgehead atoms. The van der Waals surface area contributed by atoms with Gasteiger partial charge < -0.3 is 10.1 Å². The molecule has 1 aromatic heterocycles. The Morgan fingerprint density at radius 1 is 1.00 bits per heavy atom. The van der Waals surface area contributed by atoms with Crippen molar-refractivity contribution in [3.8, 4) is 17.0 Å². The molecule has 0 saturated heterocycles. The minimum Gasteiger partial charge on any atom is -0.497 e. The number of methoxy groups -OCH3 is 1. The van der Waals surface area contributed by atoms with E-state index in [1.54, 1.807) is 7.11 Å². The number of anilines is 1. The smallest absolute Gasteiger partial charge is 0.148 e. The van der Waals surface area contributed by atoms with Crippen molar-refractivity contribution in [2.45, 2.75) is 39.7 Å². The molecule has 1 aliphatic rings. The fourth-order valence-electron chi connectivity index (χ4n) is 3.90. The van der Waals surface area contributed by atoms with E-state index in [-0.39, 0.29) is 0 Å². The second kappa shape index (κ2) is 7.03. The van der Waals surface area contributed by atoms with Crippen LogP contribution in [0.2, 0.25) is 0 Å². The van der Waals surface area contributed by atoms with E-state index >= 15 is 0 Å². The number of aromatic nitrogens is 2. The Bertz CT molecular complexity index is 997. The summed E-state index contributed by atoms with van der Waals surface area (Å²) < 4.78 is 5.32. The number of hydrogen-bond acceptors (Lipinski definition) is 4. The number of benzene rings is 2. The van der Waals surface area contributed by atoms with Crippen molar-refractivity contribution < 1.29 is 4.74 Å². The van der Waals surface area contributed by atoms with Crippen molar-refractivity contribution in [1.29, 1.82) is 0 Å².